The van der Waals surface area contributed by atoms with Crippen LogP contribution in [0.5, 0.6) is 0 Å². The van der Waals surface area contributed by atoms with Crippen LogP contribution >= 0.6 is 22.7 Å². The predicted octanol–water partition coefficient (Wildman–Crippen LogP) is 2.91. The molecule has 4 rings (SSSR count). The summed E-state index contributed by atoms with van der Waals surface area (Å²) in [6.07, 6.45) is 2.56. The summed E-state index contributed by atoms with van der Waals surface area (Å²) in [5, 5.41) is 16.8. The van der Waals surface area contributed by atoms with Crippen LogP contribution in [-0.2, 0) is 13.0 Å². The average molecular weight is 359 g/mol. The number of thiophene rings is 1. The second kappa shape index (κ2) is 6.45. The van der Waals surface area contributed by atoms with Crippen LogP contribution in [0.4, 0.5) is 0 Å². The number of nitrogens with zero attached hydrogens (tertiary/aromatic N) is 4. The van der Waals surface area contributed by atoms with Crippen LogP contribution in [0.1, 0.15) is 33.3 Å². The maximum atomic E-state index is 12.2. The van der Waals surface area contributed by atoms with E-state index >= 15 is 0 Å². The molecule has 124 valence electrons. The van der Waals surface area contributed by atoms with E-state index in [1.807, 2.05) is 29.8 Å². The Morgan fingerprint density at radius 2 is 2.25 bits per heavy atom. The first-order chi connectivity index (χ1) is 11.7. The highest BCUT2D eigenvalue weighted by Crippen LogP contribution is 2.24. The number of hydrogen-bond acceptors (Lipinski definition) is 6. The molecule has 1 aliphatic rings. The standard InChI is InChI=1S/C16H17N5OS2/c1-10-17-12(9-24-10)15-20-19-14-5-4-11(6-7-21(14)15)18-16(22)13-3-2-8-23-13/h2-3,8-9,11H,4-7H2,1H3,(H,18,22). The Morgan fingerprint density at radius 1 is 1.33 bits per heavy atom. The molecule has 1 unspecified atom stereocenters. The Balaban J connectivity index is 1.48. The van der Waals surface area contributed by atoms with Crippen LogP contribution < -0.4 is 5.32 Å². The zero-order chi connectivity index (χ0) is 16.5. The molecule has 4 heterocycles. The van der Waals surface area contributed by atoms with Crippen molar-refractivity contribution in [3.05, 3.63) is 38.6 Å². The number of carbonyl (C=O) groups excluding carboxylic acids is 1. The summed E-state index contributed by atoms with van der Waals surface area (Å²) >= 11 is 3.09. The third-order valence-corrected chi connectivity index (χ3v) is 5.82. The van der Waals surface area contributed by atoms with E-state index in [0.29, 0.717) is 0 Å². The number of fused-ring (bicyclic) bond motifs is 1. The molecule has 24 heavy (non-hydrogen) atoms. The summed E-state index contributed by atoms with van der Waals surface area (Å²) in [6.45, 7) is 2.79. The molecule has 1 aliphatic heterocycles. The fourth-order valence-corrected chi connectivity index (χ4v) is 4.17. The van der Waals surface area contributed by atoms with Gasteiger partial charge < -0.3 is 9.88 Å². The van der Waals surface area contributed by atoms with Crippen LogP contribution in [0.15, 0.2) is 22.9 Å². The number of carbonyl (C=O) groups is 1. The highest BCUT2D eigenvalue weighted by atomic mass is 32.1. The van der Waals surface area contributed by atoms with Gasteiger partial charge in [-0.05, 0) is 31.2 Å². The highest BCUT2D eigenvalue weighted by Gasteiger charge is 2.23. The summed E-state index contributed by atoms with van der Waals surface area (Å²) in [4.78, 5) is 17.5. The molecule has 8 heteroatoms. The minimum Gasteiger partial charge on any atom is -0.349 e. The second-order valence-corrected chi connectivity index (χ2v) is 7.83. The van der Waals surface area contributed by atoms with Crippen LogP contribution in [0.2, 0.25) is 0 Å². The smallest absolute Gasteiger partial charge is 0.261 e. The van der Waals surface area contributed by atoms with Crippen molar-refractivity contribution in [2.75, 3.05) is 0 Å². The lowest BCUT2D eigenvalue weighted by molar-refractivity contribution is 0.0937. The number of hydrogen-bond donors (Lipinski definition) is 1. The molecule has 0 aliphatic carbocycles. The molecule has 6 nitrogen and oxygen atoms in total. The van der Waals surface area contributed by atoms with Crippen LogP contribution in [-0.4, -0.2) is 31.7 Å². The molecule has 0 saturated carbocycles. The van der Waals surface area contributed by atoms with Gasteiger partial charge in [-0.2, -0.15) is 0 Å². The average Bonchev–Trinajstić information content (AvgIpc) is 3.29. The first kappa shape index (κ1) is 15.5. The zero-order valence-electron chi connectivity index (χ0n) is 13.2. The Morgan fingerprint density at radius 3 is 3.00 bits per heavy atom. The Kier molecular flexibility index (Phi) is 4.15. The van der Waals surface area contributed by atoms with Gasteiger partial charge in [-0.1, -0.05) is 6.07 Å². The molecule has 0 bridgehead atoms. The number of rotatable bonds is 3. The number of thiazole rings is 1. The number of amides is 1. The van der Waals surface area contributed by atoms with E-state index in [1.165, 1.54) is 11.3 Å². The van der Waals surface area contributed by atoms with Gasteiger partial charge in [0.15, 0.2) is 5.82 Å². The van der Waals surface area contributed by atoms with Crippen molar-refractivity contribution in [3.8, 4) is 11.5 Å². The third kappa shape index (κ3) is 2.99. The summed E-state index contributed by atoms with van der Waals surface area (Å²) in [6, 6.07) is 3.91. The summed E-state index contributed by atoms with van der Waals surface area (Å²) in [5.41, 5.74) is 0.886. The van der Waals surface area contributed by atoms with E-state index in [1.54, 1.807) is 11.3 Å². The second-order valence-electron chi connectivity index (χ2n) is 5.82. The van der Waals surface area contributed by atoms with Crippen molar-refractivity contribution in [1.82, 2.24) is 25.1 Å². The Bertz CT molecular complexity index is 852. The van der Waals surface area contributed by atoms with Crippen LogP contribution in [0.3, 0.4) is 0 Å². The molecular weight excluding hydrogens is 342 g/mol. The zero-order valence-corrected chi connectivity index (χ0v) is 14.9. The van der Waals surface area contributed by atoms with Crippen molar-refractivity contribution >= 4 is 28.6 Å². The fraction of sp³-hybridized carbons (Fsp3) is 0.375. The van der Waals surface area contributed by atoms with E-state index in [-0.39, 0.29) is 11.9 Å². The normalized spacial score (nSPS) is 17.3. The minimum atomic E-state index is 0.0167. The SMILES string of the molecule is Cc1nc(-c2nnc3n2CCC(NC(=O)c2cccs2)CC3)cs1. The lowest BCUT2D eigenvalue weighted by atomic mass is 10.1. The first-order valence-electron chi connectivity index (χ1n) is 7.89. The molecule has 3 aromatic heterocycles. The number of nitrogens with one attached hydrogen (secondary N) is 1. The van der Waals surface area contributed by atoms with Gasteiger partial charge in [0.1, 0.15) is 11.5 Å². The molecule has 0 spiro atoms. The van der Waals surface area contributed by atoms with Gasteiger partial charge in [0.05, 0.1) is 9.88 Å². The monoisotopic (exact) mass is 359 g/mol. The molecule has 1 atom stereocenters. The van der Waals surface area contributed by atoms with Gasteiger partial charge in [-0.15, -0.1) is 32.9 Å². The van der Waals surface area contributed by atoms with E-state index in [4.69, 9.17) is 0 Å². The molecule has 3 aromatic rings. The lowest BCUT2D eigenvalue weighted by Gasteiger charge is -2.15. The molecule has 0 fully saturated rings. The van der Waals surface area contributed by atoms with Gasteiger partial charge >= 0.3 is 0 Å². The summed E-state index contributed by atoms with van der Waals surface area (Å²) in [7, 11) is 0. The van der Waals surface area contributed by atoms with Gasteiger partial charge in [-0.3, -0.25) is 4.79 Å². The van der Waals surface area contributed by atoms with Gasteiger partial charge in [-0.25, -0.2) is 4.98 Å². The molecule has 0 aromatic carbocycles. The fourth-order valence-electron chi connectivity index (χ4n) is 2.95. The lowest BCUT2D eigenvalue weighted by Crippen LogP contribution is -2.34. The third-order valence-electron chi connectivity index (χ3n) is 4.17. The van der Waals surface area contributed by atoms with Gasteiger partial charge in [0.25, 0.3) is 5.91 Å². The van der Waals surface area contributed by atoms with E-state index in [9.17, 15) is 4.79 Å². The summed E-state index contributed by atoms with van der Waals surface area (Å²) < 4.78 is 2.14. The summed E-state index contributed by atoms with van der Waals surface area (Å²) in [5.74, 6) is 1.83. The predicted molar refractivity (Wildman–Crippen MR) is 94.4 cm³/mol. The van der Waals surface area contributed by atoms with Gasteiger partial charge in [0.2, 0.25) is 0 Å². The molecular formula is C16H17N5OS2. The largest absolute Gasteiger partial charge is 0.349 e. The molecule has 0 radical (unpaired) electrons. The molecule has 1 amide bonds. The number of aryl methyl sites for hydroxylation is 2. The van der Waals surface area contributed by atoms with Crippen molar-refractivity contribution in [1.29, 1.82) is 0 Å². The Hall–Kier alpha value is -2.06. The number of aromatic nitrogens is 4. The minimum absolute atomic E-state index is 0.0167. The van der Waals surface area contributed by atoms with Crippen molar-refractivity contribution in [3.63, 3.8) is 0 Å². The van der Waals surface area contributed by atoms with Crippen LogP contribution in [0.25, 0.3) is 11.5 Å². The van der Waals surface area contributed by atoms with E-state index < -0.39 is 0 Å². The van der Waals surface area contributed by atoms with E-state index in [0.717, 1.165) is 53.0 Å². The van der Waals surface area contributed by atoms with Crippen molar-refractivity contribution in [2.24, 2.45) is 0 Å². The molecule has 0 saturated heterocycles. The first-order valence-corrected chi connectivity index (χ1v) is 9.65. The van der Waals surface area contributed by atoms with Gasteiger partial charge in [0, 0.05) is 24.4 Å². The Labute approximate surface area is 147 Å². The van der Waals surface area contributed by atoms with Crippen molar-refractivity contribution in [2.45, 2.75) is 38.8 Å². The van der Waals surface area contributed by atoms with Crippen LogP contribution in [0, 0.1) is 6.92 Å². The molecule has 1 N–H and O–H groups in total. The highest BCUT2D eigenvalue weighted by molar-refractivity contribution is 7.12. The topological polar surface area (TPSA) is 72.7 Å². The maximum Gasteiger partial charge on any atom is 0.261 e. The van der Waals surface area contributed by atoms with Crippen molar-refractivity contribution < 1.29 is 4.79 Å². The quantitative estimate of drug-likeness (QED) is 0.780. The maximum absolute atomic E-state index is 12.2. The van der Waals surface area contributed by atoms with E-state index in [2.05, 4.69) is 25.1 Å².